The second kappa shape index (κ2) is 8.99. The van der Waals surface area contributed by atoms with Crippen LogP contribution in [0.1, 0.15) is 22.8 Å². The fraction of sp³-hybridized carbons (Fsp3) is 0.318. The lowest BCUT2D eigenvalue weighted by atomic mass is 9.89. The number of aliphatic hydroxyl groups is 2. The van der Waals surface area contributed by atoms with Crippen LogP contribution in [0.3, 0.4) is 0 Å². The summed E-state index contributed by atoms with van der Waals surface area (Å²) in [7, 11) is 1.58. The van der Waals surface area contributed by atoms with E-state index in [1.165, 1.54) is 35.2 Å². The van der Waals surface area contributed by atoms with Crippen molar-refractivity contribution >= 4 is 5.91 Å². The average Bonchev–Trinajstić information content (AvgIpc) is 3.21. The molecular weight excluding hydrogens is 415 g/mol. The number of alkyl halides is 3. The molecule has 9 heteroatoms. The van der Waals surface area contributed by atoms with Crippen LogP contribution in [-0.4, -0.2) is 47.6 Å². The molecule has 0 unspecified atom stereocenters. The van der Waals surface area contributed by atoms with Gasteiger partial charge in [-0.15, -0.1) is 13.2 Å². The van der Waals surface area contributed by atoms with Crippen molar-refractivity contribution in [1.29, 1.82) is 0 Å². The summed E-state index contributed by atoms with van der Waals surface area (Å²) in [5.41, 5.74) is 2.96. The minimum atomic E-state index is -4.79. The maximum Gasteiger partial charge on any atom is 0.573 e. The smallest absolute Gasteiger partial charge is 0.492 e. The lowest BCUT2D eigenvalue weighted by molar-refractivity contribution is -0.274. The second-order valence-electron chi connectivity index (χ2n) is 7.07. The van der Waals surface area contributed by atoms with E-state index in [0.717, 1.165) is 0 Å². The zero-order valence-corrected chi connectivity index (χ0v) is 16.8. The molecule has 0 spiro atoms. The molecule has 1 aliphatic rings. The lowest BCUT2D eigenvalue weighted by Gasteiger charge is -2.23. The molecule has 1 heterocycles. The molecule has 0 saturated heterocycles. The monoisotopic (exact) mass is 437 g/mol. The second-order valence-corrected chi connectivity index (χ2v) is 7.07. The highest BCUT2D eigenvalue weighted by molar-refractivity contribution is 5.87. The van der Waals surface area contributed by atoms with Crippen LogP contribution in [-0.2, 0) is 17.8 Å². The number of hydrogen-bond acceptors (Lipinski definition) is 5. The summed E-state index contributed by atoms with van der Waals surface area (Å²) in [6.45, 7) is 3.44. The highest BCUT2D eigenvalue weighted by Crippen LogP contribution is 2.43. The van der Waals surface area contributed by atoms with E-state index in [2.05, 4.69) is 11.3 Å². The van der Waals surface area contributed by atoms with Gasteiger partial charge in [0, 0.05) is 31.1 Å². The molecule has 0 aliphatic carbocycles. The predicted octanol–water partition coefficient (Wildman–Crippen LogP) is 3.36. The van der Waals surface area contributed by atoms with Crippen LogP contribution in [0.2, 0.25) is 0 Å². The Bertz CT molecular complexity index is 973. The van der Waals surface area contributed by atoms with Crippen molar-refractivity contribution in [3.8, 4) is 22.6 Å². The Morgan fingerprint density at radius 2 is 2.03 bits per heavy atom. The van der Waals surface area contributed by atoms with Crippen molar-refractivity contribution in [3.63, 3.8) is 0 Å². The Kier molecular flexibility index (Phi) is 6.56. The Morgan fingerprint density at radius 3 is 2.61 bits per heavy atom. The summed E-state index contributed by atoms with van der Waals surface area (Å²) < 4.78 is 47.0. The first-order valence-corrected chi connectivity index (χ1v) is 9.48. The summed E-state index contributed by atoms with van der Waals surface area (Å²) in [5, 5.41) is 20.0. The number of hydrogen-bond donors (Lipinski definition) is 2. The number of ether oxygens (including phenoxy) is 2. The van der Waals surface area contributed by atoms with Gasteiger partial charge in [0.25, 0.3) is 0 Å². The molecule has 1 atom stereocenters. The van der Waals surface area contributed by atoms with Crippen molar-refractivity contribution in [3.05, 3.63) is 59.7 Å². The number of benzene rings is 2. The summed E-state index contributed by atoms with van der Waals surface area (Å²) in [6.07, 6.45) is -4.31. The number of likely N-dealkylation sites (N-methyl/N-ethyl adjacent to an activating group) is 1. The number of nitrogens with zero attached hydrogens (tertiary/aromatic N) is 1. The van der Waals surface area contributed by atoms with E-state index in [9.17, 15) is 28.2 Å². The molecule has 1 amide bonds. The average molecular weight is 437 g/mol. The van der Waals surface area contributed by atoms with Crippen LogP contribution in [0.15, 0.2) is 43.0 Å². The molecule has 2 aromatic carbocycles. The topological polar surface area (TPSA) is 79.2 Å². The molecule has 6 nitrogen and oxygen atoms in total. The SMILES string of the molecule is C=CC(=O)N(C)Cc1cc(-c2ccc(OC(F)(F)F)cc2)c2c(c1[C@H](O)CO)CCO2. The van der Waals surface area contributed by atoms with Gasteiger partial charge < -0.3 is 24.6 Å². The first-order valence-electron chi connectivity index (χ1n) is 9.48. The number of carbonyl (C=O) groups excluding carboxylic acids is 1. The Balaban J connectivity index is 2.09. The Hall–Kier alpha value is -3.04. The molecule has 0 radical (unpaired) electrons. The molecular formula is C22H22F3NO5. The minimum Gasteiger partial charge on any atom is -0.492 e. The lowest BCUT2D eigenvalue weighted by Crippen LogP contribution is -2.25. The summed E-state index contributed by atoms with van der Waals surface area (Å²) in [6, 6.07) is 7.07. The van der Waals surface area contributed by atoms with Crippen LogP contribution < -0.4 is 9.47 Å². The van der Waals surface area contributed by atoms with Gasteiger partial charge in [0.2, 0.25) is 5.91 Å². The quantitative estimate of drug-likeness (QED) is 0.650. The van der Waals surface area contributed by atoms with E-state index in [1.54, 1.807) is 13.1 Å². The molecule has 166 valence electrons. The van der Waals surface area contributed by atoms with E-state index >= 15 is 0 Å². The number of halogens is 3. The van der Waals surface area contributed by atoms with Crippen LogP contribution in [0, 0.1) is 0 Å². The van der Waals surface area contributed by atoms with Gasteiger partial charge in [-0.05, 0) is 41.0 Å². The molecule has 2 aromatic rings. The normalized spacial score (nSPS) is 13.9. The number of carbonyl (C=O) groups is 1. The predicted molar refractivity (Wildman–Crippen MR) is 106 cm³/mol. The van der Waals surface area contributed by atoms with E-state index in [4.69, 9.17) is 4.74 Å². The molecule has 0 saturated carbocycles. The van der Waals surface area contributed by atoms with E-state index in [-0.39, 0.29) is 18.2 Å². The zero-order valence-electron chi connectivity index (χ0n) is 16.8. The molecule has 3 rings (SSSR count). The summed E-state index contributed by atoms with van der Waals surface area (Å²) in [4.78, 5) is 13.4. The first kappa shape index (κ1) is 22.6. The third-order valence-electron chi connectivity index (χ3n) is 4.97. The van der Waals surface area contributed by atoms with Gasteiger partial charge in [-0.3, -0.25) is 4.79 Å². The maximum absolute atomic E-state index is 12.4. The Morgan fingerprint density at radius 1 is 1.35 bits per heavy atom. The molecule has 2 N–H and O–H groups in total. The molecule has 0 fully saturated rings. The first-order chi connectivity index (χ1) is 14.6. The summed E-state index contributed by atoms with van der Waals surface area (Å²) in [5.74, 6) is -0.178. The van der Waals surface area contributed by atoms with Gasteiger partial charge in [0.1, 0.15) is 17.6 Å². The van der Waals surface area contributed by atoms with E-state index in [0.29, 0.717) is 46.6 Å². The zero-order chi connectivity index (χ0) is 22.8. The van der Waals surface area contributed by atoms with Gasteiger partial charge in [-0.25, -0.2) is 0 Å². The van der Waals surface area contributed by atoms with E-state index < -0.39 is 19.1 Å². The van der Waals surface area contributed by atoms with Gasteiger partial charge in [0.15, 0.2) is 0 Å². The maximum atomic E-state index is 12.4. The van der Waals surface area contributed by atoms with E-state index in [1.807, 2.05) is 0 Å². The molecule has 0 bridgehead atoms. The Labute approximate surface area is 177 Å². The van der Waals surface area contributed by atoms with Crippen LogP contribution in [0.4, 0.5) is 13.2 Å². The fourth-order valence-electron chi connectivity index (χ4n) is 3.64. The van der Waals surface area contributed by atoms with Gasteiger partial charge in [-0.1, -0.05) is 18.7 Å². The molecule has 1 aliphatic heterocycles. The highest BCUT2D eigenvalue weighted by Gasteiger charge is 2.31. The van der Waals surface area contributed by atoms with Crippen molar-refractivity contribution < 1.29 is 37.7 Å². The number of aliphatic hydroxyl groups excluding tert-OH is 2. The van der Waals surface area contributed by atoms with Crippen molar-refractivity contribution in [1.82, 2.24) is 4.90 Å². The molecule has 31 heavy (non-hydrogen) atoms. The number of amides is 1. The number of fused-ring (bicyclic) bond motifs is 1. The third-order valence-corrected chi connectivity index (χ3v) is 4.97. The van der Waals surface area contributed by atoms with Crippen molar-refractivity contribution in [2.24, 2.45) is 0 Å². The van der Waals surface area contributed by atoms with Gasteiger partial charge >= 0.3 is 6.36 Å². The number of rotatable bonds is 7. The minimum absolute atomic E-state index is 0.132. The fourth-order valence-corrected chi connectivity index (χ4v) is 3.64. The standard InChI is InChI=1S/C22H22F3NO5/c1-3-19(29)26(2)11-14-10-17(13-4-6-15(7-5-13)31-22(23,24)25)21-16(8-9-30-21)20(14)18(28)12-27/h3-7,10,18,27-28H,1,8-9,11-12H2,2H3/t18-/m1/s1. The third kappa shape index (κ3) is 5.00. The largest absolute Gasteiger partial charge is 0.573 e. The molecule has 0 aromatic heterocycles. The van der Waals surface area contributed by atoms with Crippen molar-refractivity contribution in [2.75, 3.05) is 20.3 Å². The van der Waals surface area contributed by atoms with Gasteiger partial charge in [0.05, 0.1) is 13.2 Å². The van der Waals surface area contributed by atoms with Crippen LogP contribution in [0.5, 0.6) is 11.5 Å². The summed E-state index contributed by atoms with van der Waals surface area (Å²) >= 11 is 0. The van der Waals surface area contributed by atoms with Crippen LogP contribution in [0.25, 0.3) is 11.1 Å². The van der Waals surface area contributed by atoms with Crippen molar-refractivity contribution in [2.45, 2.75) is 25.4 Å². The highest BCUT2D eigenvalue weighted by atomic mass is 19.4. The van der Waals surface area contributed by atoms with Gasteiger partial charge in [-0.2, -0.15) is 0 Å². The van der Waals surface area contributed by atoms with Crippen LogP contribution >= 0.6 is 0 Å².